The molecule has 5 nitrogen and oxygen atoms in total. The first kappa shape index (κ1) is 17.4. The molecule has 1 heterocycles. The van der Waals surface area contributed by atoms with Crippen molar-refractivity contribution in [2.24, 2.45) is 4.99 Å². The van der Waals surface area contributed by atoms with Gasteiger partial charge in [-0.05, 0) is 12.8 Å². The molecule has 0 spiro atoms. The molecule has 1 aliphatic carbocycles. The van der Waals surface area contributed by atoms with Gasteiger partial charge < -0.3 is 5.32 Å². The quantitative estimate of drug-likeness (QED) is 0.908. The molecule has 1 aliphatic heterocycles. The molecule has 1 atom stereocenters. The number of nitrogens with zero attached hydrogens (tertiary/aromatic N) is 2. The SMILES string of the molecule is CC(=O)N[C@@]1(C(F)(F)F)N=C(c2ccccc2)N(C2CCCC2)C1=O. The van der Waals surface area contributed by atoms with Crippen molar-refractivity contribution in [3.63, 3.8) is 0 Å². The van der Waals surface area contributed by atoms with E-state index in [0.717, 1.165) is 24.7 Å². The molecule has 8 heteroatoms. The summed E-state index contributed by atoms with van der Waals surface area (Å²) >= 11 is 0. The van der Waals surface area contributed by atoms with E-state index in [-0.39, 0.29) is 11.9 Å². The Hall–Kier alpha value is -2.38. The van der Waals surface area contributed by atoms with Gasteiger partial charge in [0.05, 0.1) is 0 Å². The Morgan fingerprint density at radius 3 is 2.36 bits per heavy atom. The Balaban J connectivity index is 2.15. The molecule has 2 amide bonds. The number of amidine groups is 1. The summed E-state index contributed by atoms with van der Waals surface area (Å²) in [6, 6.07) is 7.93. The number of aliphatic imine (C=N–C) groups is 1. The van der Waals surface area contributed by atoms with Crippen LogP contribution in [0.25, 0.3) is 0 Å². The number of nitrogens with one attached hydrogen (secondary N) is 1. The van der Waals surface area contributed by atoms with Crippen molar-refractivity contribution in [1.82, 2.24) is 10.2 Å². The van der Waals surface area contributed by atoms with Crippen LogP contribution in [0.3, 0.4) is 0 Å². The molecule has 1 N–H and O–H groups in total. The topological polar surface area (TPSA) is 61.8 Å². The first-order valence-corrected chi connectivity index (χ1v) is 8.11. The zero-order chi connectivity index (χ0) is 18.2. The van der Waals surface area contributed by atoms with Gasteiger partial charge in [-0.25, -0.2) is 4.99 Å². The number of carbonyl (C=O) groups excluding carboxylic acids is 2. The molecule has 25 heavy (non-hydrogen) atoms. The molecule has 0 unspecified atom stereocenters. The van der Waals surface area contributed by atoms with Crippen molar-refractivity contribution in [2.75, 3.05) is 0 Å². The van der Waals surface area contributed by atoms with Gasteiger partial charge in [0.25, 0.3) is 5.91 Å². The first-order chi connectivity index (χ1) is 11.8. The number of carbonyl (C=O) groups is 2. The zero-order valence-electron chi connectivity index (χ0n) is 13.6. The fourth-order valence-electron chi connectivity index (χ4n) is 3.41. The lowest BCUT2D eigenvalue weighted by Crippen LogP contribution is -2.63. The minimum atomic E-state index is -5.04. The molecule has 0 bridgehead atoms. The normalized spacial score (nSPS) is 24.6. The van der Waals surface area contributed by atoms with E-state index in [2.05, 4.69) is 4.99 Å². The minimum Gasteiger partial charge on any atom is -0.317 e. The average Bonchev–Trinajstić information content (AvgIpc) is 3.15. The number of hydrogen-bond acceptors (Lipinski definition) is 3. The average molecular weight is 353 g/mol. The van der Waals surface area contributed by atoms with Gasteiger partial charge >= 0.3 is 11.8 Å². The number of halogens is 3. The Kier molecular flexibility index (Phi) is 4.30. The van der Waals surface area contributed by atoms with E-state index in [0.29, 0.717) is 18.4 Å². The second-order valence-corrected chi connectivity index (χ2v) is 6.30. The summed E-state index contributed by atoms with van der Waals surface area (Å²) < 4.78 is 41.4. The number of alkyl halides is 3. The lowest BCUT2D eigenvalue weighted by molar-refractivity contribution is -0.200. The third kappa shape index (κ3) is 2.89. The highest BCUT2D eigenvalue weighted by Crippen LogP contribution is 2.41. The predicted molar refractivity (Wildman–Crippen MR) is 84.7 cm³/mol. The van der Waals surface area contributed by atoms with Gasteiger partial charge in [0.1, 0.15) is 5.84 Å². The van der Waals surface area contributed by atoms with E-state index in [1.807, 2.05) is 0 Å². The predicted octanol–water partition coefficient (Wildman–Crippen LogP) is 2.61. The van der Waals surface area contributed by atoms with Gasteiger partial charge in [-0.15, -0.1) is 0 Å². The summed E-state index contributed by atoms with van der Waals surface area (Å²) in [5.41, 5.74) is -2.84. The largest absolute Gasteiger partial charge is 0.442 e. The highest BCUT2D eigenvalue weighted by atomic mass is 19.4. The monoisotopic (exact) mass is 353 g/mol. The minimum absolute atomic E-state index is 0.0384. The molecule has 0 saturated heterocycles. The van der Waals surface area contributed by atoms with E-state index in [9.17, 15) is 22.8 Å². The molecule has 1 fully saturated rings. The smallest absolute Gasteiger partial charge is 0.317 e. The summed E-state index contributed by atoms with van der Waals surface area (Å²) in [7, 11) is 0. The fraction of sp³-hybridized carbons (Fsp3) is 0.471. The van der Waals surface area contributed by atoms with Crippen molar-refractivity contribution in [1.29, 1.82) is 0 Å². The lowest BCUT2D eigenvalue weighted by atomic mass is 10.1. The lowest BCUT2D eigenvalue weighted by Gasteiger charge is -2.31. The molecule has 134 valence electrons. The van der Waals surface area contributed by atoms with Gasteiger partial charge in [0, 0.05) is 18.5 Å². The van der Waals surface area contributed by atoms with Crippen LogP contribution in [0.15, 0.2) is 35.3 Å². The van der Waals surface area contributed by atoms with Crippen LogP contribution >= 0.6 is 0 Å². The van der Waals surface area contributed by atoms with E-state index < -0.39 is 23.7 Å². The summed E-state index contributed by atoms with van der Waals surface area (Å²) in [6.07, 6.45) is -2.12. The maximum absolute atomic E-state index is 13.8. The second-order valence-electron chi connectivity index (χ2n) is 6.30. The number of hydrogen-bond donors (Lipinski definition) is 1. The Bertz CT molecular complexity index is 712. The van der Waals surface area contributed by atoms with Crippen LogP contribution in [0.5, 0.6) is 0 Å². The molecule has 0 aromatic heterocycles. The van der Waals surface area contributed by atoms with Gasteiger partial charge in [-0.2, -0.15) is 13.2 Å². The molecule has 2 aliphatic rings. The highest BCUT2D eigenvalue weighted by molar-refractivity contribution is 6.16. The van der Waals surface area contributed by atoms with Crippen LogP contribution in [-0.2, 0) is 9.59 Å². The van der Waals surface area contributed by atoms with Crippen molar-refractivity contribution < 1.29 is 22.8 Å². The van der Waals surface area contributed by atoms with Crippen molar-refractivity contribution >= 4 is 17.6 Å². The Morgan fingerprint density at radius 2 is 1.84 bits per heavy atom. The van der Waals surface area contributed by atoms with Gasteiger partial charge in [0.2, 0.25) is 5.91 Å². The molecular weight excluding hydrogens is 335 g/mol. The maximum Gasteiger partial charge on any atom is 0.442 e. The van der Waals surface area contributed by atoms with Crippen molar-refractivity contribution in [2.45, 2.75) is 50.5 Å². The highest BCUT2D eigenvalue weighted by Gasteiger charge is 2.67. The van der Waals surface area contributed by atoms with Crippen molar-refractivity contribution in [3.8, 4) is 0 Å². The van der Waals surface area contributed by atoms with Crippen LogP contribution in [-0.4, -0.2) is 40.4 Å². The summed E-state index contributed by atoms with van der Waals surface area (Å²) in [5, 5.41) is 1.76. The third-order valence-electron chi connectivity index (χ3n) is 4.52. The summed E-state index contributed by atoms with van der Waals surface area (Å²) in [6.45, 7) is 0.941. The number of rotatable bonds is 3. The third-order valence-corrected chi connectivity index (χ3v) is 4.52. The number of amides is 2. The van der Waals surface area contributed by atoms with Gasteiger partial charge in [-0.1, -0.05) is 43.2 Å². The molecule has 1 saturated carbocycles. The van der Waals surface area contributed by atoms with Crippen LogP contribution < -0.4 is 5.32 Å². The van der Waals surface area contributed by atoms with E-state index >= 15 is 0 Å². The van der Waals surface area contributed by atoms with Crippen molar-refractivity contribution in [3.05, 3.63) is 35.9 Å². The molecule has 0 radical (unpaired) electrons. The second kappa shape index (κ2) is 6.16. The van der Waals surface area contributed by atoms with Crippen LogP contribution in [0.1, 0.15) is 38.2 Å². The van der Waals surface area contributed by atoms with E-state index in [1.54, 1.807) is 35.6 Å². The molecule has 1 aromatic rings. The summed E-state index contributed by atoms with van der Waals surface area (Å²) in [5.74, 6) is -2.24. The van der Waals surface area contributed by atoms with Gasteiger partial charge in [0.15, 0.2) is 0 Å². The standard InChI is InChI=1S/C17H18F3N3O2/c1-11(24)21-16(17(18,19)20)15(25)23(13-9-5-6-10-13)14(22-16)12-7-3-2-4-8-12/h2-4,7-8,13H,5-6,9-10H2,1H3,(H,21,24)/t16-/m1/s1. The van der Waals surface area contributed by atoms with E-state index in [4.69, 9.17) is 0 Å². The fourth-order valence-corrected chi connectivity index (χ4v) is 3.41. The zero-order valence-corrected chi connectivity index (χ0v) is 13.6. The van der Waals surface area contributed by atoms with Gasteiger partial charge in [-0.3, -0.25) is 14.5 Å². The van der Waals surface area contributed by atoms with Crippen LogP contribution in [0, 0.1) is 0 Å². The Labute approximate surface area is 142 Å². The summed E-state index contributed by atoms with van der Waals surface area (Å²) in [4.78, 5) is 29.1. The maximum atomic E-state index is 13.8. The Morgan fingerprint density at radius 1 is 1.24 bits per heavy atom. The van der Waals surface area contributed by atoms with Crippen LogP contribution in [0.2, 0.25) is 0 Å². The molecule has 3 rings (SSSR count). The number of benzene rings is 1. The molecular formula is C17H18F3N3O2. The molecule has 1 aromatic carbocycles. The first-order valence-electron chi connectivity index (χ1n) is 8.11. The van der Waals surface area contributed by atoms with E-state index in [1.165, 1.54) is 0 Å². The van der Waals surface area contributed by atoms with Crippen LogP contribution in [0.4, 0.5) is 13.2 Å².